The smallest absolute Gasteiger partial charge is 0.290 e. The molecule has 1 atom stereocenters. The Balaban J connectivity index is 1.93. The van der Waals surface area contributed by atoms with Crippen LogP contribution in [0.4, 0.5) is 0 Å². The highest BCUT2D eigenvalue weighted by Crippen LogP contribution is 2.25. The van der Waals surface area contributed by atoms with Crippen LogP contribution in [0.5, 0.6) is 0 Å². The number of fused-ring (bicyclic) bond motifs is 1. The second-order valence-corrected chi connectivity index (χ2v) is 7.56. The van der Waals surface area contributed by atoms with Crippen molar-refractivity contribution >= 4 is 16.8 Å². The molecule has 0 bridgehead atoms. The van der Waals surface area contributed by atoms with Gasteiger partial charge in [-0.1, -0.05) is 30.3 Å². The van der Waals surface area contributed by atoms with Crippen LogP contribution in [-0.4, -0.2) is 40.6 Å². The summed E-state index contributed by atoms with van der Waals surface area (Å²) in [6, 6.07) is 17.6. The van der Waals surface area contributed by atoms with E-state index in [1.807, 2.05) is 56.3 Å². The molecule has 0 saturated heterocycles. The molecule has 1 unspecified atom stereocenters. The van der Waals surface area contributed by atoms with Gasteiger partial charge in [0, 0.05) is 13.7 Å². The van der Waals surface area contributed by atoms with Gasteiger partial charge in [-0.25, -0.2) is 4.98 Å². The van der Waals surface area contributed by atoms with Crippen molar-refractivity contribution in [1.82, 2.24) is 14.5 Å². The van der Waals surface area contributed by atoms with E-state index in [4.69, 9.17) is 14.1 Å². The average molecular weight is 431 g/mol. The first-order valence-electron chi connectivity index (χ1n) is 10.4. The van der Waals surface area contributed by atoms with Crippen LogP contribution < -0.4 is 5.56 Å². The maximum absolute atomic E-state index is 13.6. The Kier molecular flexibility index (Phi) is 6.18. The molecule has 0 radical (unpaired) electrons. The zero-order valence-corrected chi connectivity index (χ0v) is 18.3. The van der Waals surface area contributed by atoms with Gasteiger partial charge < -0.3 is 14.1 Å². The van der Waals surface area contributed by atoms with Gasteiger partial charge in [-0.15, -0.1) is 0 Å². The molecule has 0 N–H and O–H groups in total. The van der Waals surface area contributed by atoms with E-state index < -0.39 is 6.04 Å². The van der Waals surface area contributed by atoms with E-state index in [1.54, 1.807) is 34.8 Å². The summed E-state index contributed by atoms with van der Waals surface area (Å²) in [5.74, 6) is 0.399. The zero-order chi connectivity index (χ0) is 22.7. The van der Waals surface area contributed by atoms with E-state index in [-0.39, 0.29) is 17.2 Å². The lowest BCUT2D eigenvalue weighted by Gasteiger charge is -2.30. The molecule has 4 rings (SSSR count). The van der Waals surface area contributed by atoms with E-state index in [1.165, 1.54) is 6.26 Å². The van der Waals surface area contributed by atoms with Crippen molar-refractivity contribution < 1.29 is 13.9 Å². The fourth-order valence-electron chi connectivity index (χ4n) is 3.82. The number of ether oxygens (including phenoxy) is 1. The standard InChI is InChI=1S/C25H25N3O4/c1-17-9-4-7-12-21(17)28-23(26-20-11-6-5-10-19(20)24(28)29)18(2)27(14-16-31-3)25(30)22-13-8-15-32-22/h4-13,15,18H,14,16H2,1-3H3. The van der Waals surface area contributed by atoms with Crippen LogP contribution in [0, 0.1) is 6.92 Å². The van der Waals surface area contributed by atoms with Crippen LogP contribution in [0.3, 0.4) is 0 Å². The highest BCUT2D eigenvalue weighted by Gasteiger charge is 2.29. The number of carbonyl (C=O) groups excluding carboxylic acids is 1. The monoisotopic (exact) mass is 431 g/mol. The number of methoxy groups -OCH3 is 1. The molecule has 1 amide bonds. The van der Waals surface area contributed by atoms with Crippen LogP contribution in [-0.2, 0) is 4.74 Å². The van der Waals surface area contributed by atoms with Crippen molar-refractivity contribution in [3.05, 3.63) is 94.4 Å². The third-order valence-electron chi connectivity index (χ3n) is 5.53. The number of aromatic nitrogens is 2. The summed E-state index contributed by atoms with van der Waals surface area (Å²) in [5, 5.41) is 0.521. The van der Waals surface area contributed by atoms with Crippen molar-refractivity contribution in [3.63, 3.8) is 0 Å². The number of nitrogens with zero attached hydrogens (tertiary/aromatic N) is 3. The van der Waals surface area contributed by atoms with Gasteiger partial charge in [0.2, 0.25) is 0 Å². The lowest BCUT2D eigenvalue weighted by molar-refractivity contribution is 0.0574. The summed E-state index contributed by atoms with van der Waals surface area (Å²) in [6.45, 7) is 4.45. The van der Waals surface area contributed by atoms with Gasteiger partial charge in [0.05, 0.1) is 35.5 Å². The molecule has 7 heteroatoms. The van der Waals surface area contributed by atoms with Gasteiger partial charge in [0.1, 0.15) is 5.82 Å². The molecular weight excluding hydrogens is 406 g/mol. The maximum Gasteiger partial charge on any atom is 0.290 e. The van der Waals surface area contributed by atoms with Crippen molar-refractivity contribution in [2.24, 2.45) is 0 Å². The van der Waals surface area contributed by atoms with Crippen LogP contribution in [0.25, 0.3) is 16.6 Å². The van der Waals surface area contributed by atoms with Crippen molar-refractivity contribution in [2.45, 2.75) is 19.9 Å². The number of para-hydroxylation sites is 2. The van der Waals surface area contributed by atoms with Crippen LogP contribution in [0.1, 0.15) is 34.9 Å². The molecule has 7 nitrogen and oxygen atoms in total. The summed E-state index contributed by atoms with van der Waals surface area (Å²) >= 11 is 0. The van der Waals surface area contributed by atoms with E-state index >= 15 is 0 Å². The second kappa shape index (κ2) is 9.20. The fraction of sp³-hybridized carbons (Fsp3) is 0.240. The van der Waals surface area contributed by atoms with E-state index in [2.05, 4.69) is 0 Å². The van der Waals surface area contributed by atoms with Crippen LogP contribution in [0.15, 0.2) is 76.1 Å². The summed E-state index contributed by atoms with van der Waals surface area (Å²) in [4.78, 5) is 33.3. The predicted octanol–water partition coefficient (Wildman–Crippen LogP) is 4.14. The van der Waals surface area contributed by atoms with Crippen molar-refractivity contribution in [2.75, 3.05) is 20.3 Å². The molecule has 32 heavy (non-hydrogen) atoms. The lowest BCUT2D eigenvalue weighted by atomic mass is 10.1. The van der Waals surface area contributed by atoms with Gasteiger partial charge in [-0.3, -0.25) is 14.2 Å². The molecule has 2 aromatic carbocycles. The third kappa shape index (κ3) is 3.94. The highest BCUT2D eigenvalue weighted by atomic mass is 16.5. The Morgan fingerprint density at radius 3 is 2.59 bits per heavy atom. The van der Waals surface area contributed by atoms with E-state index in [0.717, 1.165) is 11.3 Å². The third-order valence-corrected chi connectivity index (χ3v) is 5.53. The van der Waals surface area contributed by atoms with E-state index in [9.17, 15) is 9.59 Å². The first-order valence-corrected chi connectivity index (χ1v) is 10.4. The molecule has 0 spiro atoms. The molecule has 0 saturated carbocycles. The topological polar surface area (TPSA) is 77.6 Å². The Morgan fingerprint density at radius 1 is 1.12 bits per heavy atom. The fourth-order valence-corrected chi connectivity index (χ4v) is 3.82. The van der Waals surface area contributed by atoms with Gasteiger partial charge in [-0.2, -0.15) is 0 Å². The summed E-state index contributed by atoms with van der Waals surface area (Å²) < 4.78 is 12.2. The number of benzene rings is 2. The SMILES string of the molecule is COCCN(C(=O)c1ccco1)C(C)c1nc2ccccc2c(=O)n1-c1ccccc1C. The largest absolute Gasteiger partial charge is 0.459 e. The normalized spacial score (nSPS) is 12.1. The predicted molar refractivity (Wildman–Crippen MR) is 122 cm³/mol. The molecule has 0 aliphatic carbocycles. The minimum absolute atomic E-state index is 0.177. The van der Waals surface area contributed by atoms with Gasteiger partial charge in [0.25, 0.3) is 11.5 Å². The highest BCUT2D eigenvalue weighted by molar-refractivity contribution is 5.91. The molecule has 164 valence electrons. The first-order chi connectivity index (χ1) is 15.5. The first kappa shape index (κ1) is 21.5. The number of rotatable bonds is 7. The second-order valence-electron chi connectivity index (χ2n) is 7.56. The minimum Gasteiger partial charge on any atom is -0.459 e. The van der Waals surface area contributed by atoms with Crippen molar-refractivity contribution in [3.8, 4) is 5.69 Å². The molecule has 2 heterocycles. The summed E-state index contributed by atoms with van der Waals surface area (Å²) in [7, 11) is 1.58. The van der Waals surface area contributed by atoms with Gasteiger partial charge in [-0.05, 0) is 49.7 Å². The Bertz CT molecular complexity index is 1290. The Morgan fingerprint density at radius 2 is 1.88 bits per heavy atom. The number of hydrogen-bond donors (Lipinski definition) is 0. The van der Waals surface area contributed by atoms with Gasteiger partial charge >= 0.3 is 0 Å². The van der Waals surface area contributed by atoms with Gasteiger partial charge in [0.15, 0.2) is 5.76 Å². The molecular formula is C25H25N3O4. The lowest BCUT2D eigenvalue weighted by Crippen LogP contribution is -2.39. The zero-order valence-electron chi connectivity index (χ0n) is 18.3. The molecule has 4 aromatic rings. The minimum atomic E-state index is -0.528. The number of amides is 1. The number of carbonyl (C=O) groups is 1. The van der Waals surface area contributed by atoms with E-state index in [0.29, 0.717) is 29.9 Å². The number of furan rings is 1. The maximum atomic E-state index is 13.6. The number of hydrogen-bond acceptors (Lipinski definition) is 5. The molecule has 0 aliphatic rings. The van der Waals surface area contributed by atoms with Crippen LogP contribution >= 0.6 is 0 Å². The molecule has 2 aromatic heterocycles. The summed E-state index contributed by atoms with van der Waals surface area (Å²) in [5.41, 5.74) is 2.07. The van der Waals surface area contributed by atoms with Crippen LogP contribution in [0.2, 0.25) is 0 Å². The number of aryl methyl sites for hydroxylation is 1. The average Bonchev–Trinajstić information content (AvgIpc) is 3.35. The van der Waals surface area contributed by atoms with Crippen molar-refractivity contribution in [1.29, 1.82) is 0 Å². The summed E-state index contributed by atoms with van der Waals surface area (Å²) in [6.07, 6.45) is 1.46. The quantitative estimate of drug-likeness (QED) is 0.440. The molecule has 0 fully saturated rings. The Labute approximate surface area is 185 Å². The molecule has 0 aliphatic heterocycles. The Hall–Kier alpha value is -3.71.